The normalized spacial score (nSPS) is 19.1. The van der Waals surface area contributed by atoms with E-state index in [-0.39, 0.29) is 0 Å². The van der Waals surface area contributed by atoms with Gasteiger partial charge in [0.25, 0.3) is 0 Å². The van der Waals surface area contributed by atoms with Crippen molar-refractivity contribution in [3.63, 3.8) is 0 Å². The summed E-state index contributed by atoms with van der Waals surface area (Å²) in [5.74, 6) is 2.12. The van der Waals surface area contributed by atoms with Gasteiger partial charge in [-0.15, -0.1) is 0 Å². The summed E-state index contributed by atoms with van der Waals surface area (Å²) in [6.07, 6.45) is 5.04. The van der Waals surface area contributed by atoms with Gasteiger partial charge in [-0.2, -0.15) is 0 Å². The summed E-state index contributed by atoms with van der Waals surface area (Å²) < 4.78 is 0. The Morgan fingerprint density at radius 2 is 1.77 bits per heavy atom. The molecule has 0 fully saturated rings. The van der Waals surface area contributed by atoms with Gasteiger partial charge in [-0.05, 0) is 65.7 Å². The minimum absolute atomic E-state index is 0.633. The highest BCUT2D eigenvalue weighted by Gasteiger charge is 2.25. The molecule has 0 bridgehead atoms. The SMILES string of the molecule is CCC(CC(C)c1ccc2c(c1)C(CC)C2)c1ccccc1. The van der Waals surface area contributed by atoms with Crippen molar-refractivity contribution in [3.05, 3.63) is 70.8 Å². The fourth-order valence-corrected chi connectivity index (χ4v) is 3.92. The van der Waals surface area contributed by atoms with Gasteiger partial charge in [0.2, 0.25) is 0 Å². The summed E-state index contributed by atoms with van der Waals surface area (Å²) in [4.78, 5) is 0. The second-order valence-corrected chi connectivity index (χ2v) is 6.92. The first-order valence-corrected chi connectivity index (χ1v) is 8.90. The summed E-state index contributed by atoms with van der Waals surface area (Å²) in [6, 6.07) is 18.2. The van der Waals surface area contributed by atoms with Gasteiger partial charge >= 0.3 is 0 Å². The Balaban J connectivity index is 1.74. The Hall–Kier alpha value is -1.56. The lowest BCUT2D eigenvalue weighted by molar-refractivity contribution is 0.539. The molecule has 0 amide bonds. The molecule has 0 radical (unpaired) electrons. The molecule has 0 heteroatoms. The highest BCUT2D eigenvalue weighted by molar-refractivity contribution is 5.43. The maximum atomic E-state index is 2.50. The summed E-state index contributed by atoms with van der Waals surface area (Å²) >= 11 is 0. The average molecular weight is 292 g/mol. The van der Waals surface area contributed by atoms with Gasteiger partial charge in [0.1, 0.15) is 0 Å². The van der Waals surface area contributed by atoms with Crippen LogP contribution in [0.4, 0.5) is 0 Å². The van der Waals surface area contributed by atoms with Crippen LogP contribution in [0.15, 0.2) is 48.5 Å². The van der Waals surface area contributed by atoms with Crippen LogP contribution < -0.4 is 0 Å². The van der Waals surface area contributed by atoms with E-state index in [9.17, 15) is 0 Å². The van der Waals surface area contributed by atoms with Crippen molar-refractivity contribution < 1.29 is 0 Å². The molecular weight excluding hydrogens is 264 g/mol. The van der Waals surface area contributed by atoms with Crippen LogP contribution in [0.2, 0.25) is 0 Å². The molecular formula is C22H28. The van der Waals surface area contributed by atoms with Crippen LogP contribution in [0, 0.1) is 0 Å². The number of hydrogen-bond donors (Lipinski definition) is 0. The van der Waals surface area contributed by atoms with Crippen LogP contribution in [0.25, 0.3) is 0 Å². The monoisotopic (exact) mass is 292 g/mol. The molecule has 1 aliphatic carbocycles. The van der Waals surface area contributed by atoms with Crippen molar-refractivity contribution >= 4 is 0 Å². The quantitative estimate of drug-likeness (QED) is 0.576. The number of fused-ring (bicyclic) bond motifs is 1. The van der Waals surface area contributed by atoms with E-state index < -0.39 is 0 Å². The van der Waals surface area contributed by atoms with Crippen molar-refractivity contribution in [2.75, 3.05) is 0 Å². The van der Waals surface area contributed by atoms with Crippen LogP contribution in [-0.2, 0) is 6.42 Å². The molecule has 2 aromatic rings. The van der Waals surface area contributed by atoms with E-state index in [1.165, 1.54) is 36.8 Å². The zero-order valence-corrected chi connectivity index (χ0v) is 14.2. The summed E-state index contributed by atoms with van der Waals surface area (Å²) in [5, 5.41) is 0. The van der Waals surface area contributed by atoms with Crippen LogP contribution in [0.5, 0.6) is 0 Å². The summed E-state index contributed by atoms with van der Waals surface area (Å²) in [7, 11) is 0. The number of rotatable bonds is 6. The van der Waals surface area contributed by atoms with Crippen LogP contribution in [-0.4, -0.2) is 0 Å². The Kier molecular flexibility index (Phi) is 4.66. The average Bonchev–Trinajstić information content (AvgIpc) is 2.54. The molecule has 3 rings (SSSR count). The van der Waals surface area contributed by atoms with Gasteiger partial charge in [0, 0.05) is 0 Å². The van der Waals surface area contributed by atoms with Crippen molar-refractivity contribution in [3.8, 4) is 0 Å². The van der Waals surface area contributed by atoms with Gasteiger partial charge in [-0.1, -0.05) is 69.3 Å². The maximum absolute atomic E-state index is 2.50. The van der Waals surface area contributed by atoms with Crippen molar-refractivity contribution in [2.45, 2.75) is 64.2 Å². The second kappa shape index (κ2) is 6.69. The Labute approximate surface area is 135 Å². The van der Waals surface area contributed by atoms with E-state index >= 15 is 0 Å². The molecule has 3 atom stereocenters. The van der Waals surface area contributed by atoms with E-state index in [1.807, 2.05) is 0 Å². The third kappa shape index (κ3) is 2.97. The van der Waals surface area contributed by atoms with Gasteiger partial charge in [-0.25, -0.2) is 0 Å². The van der Waals surface area contributed by atoms with Crippen LogP contribution >= 0.6 is 0 Å². The fraction of sp³-hybridized carbons (Fsp3) is 0.455. The molecule has 0 saturated carbocycles. The first-order chi connectivity index (χ1) is 10.7. The minimum atomic E-state index is 0.633. The molecule has 0 nitrogen and oxygen atoms in total. The highest BCUT2D eigenvalue weighted by Crippen LogP contribution is 2.40. The number of benzene rings is 2. The van der Waals surface area contributed by atoms with Gasteiger partial charge < -0.3 is 0 Å². The third-order valence-electron chi connectivity index (χ3n) is 5.54. The largest absolute Gasteiger partial charge is 0.0648 e. The Bertz CT molecular complexity index is 611. The fourth-order valence-electron chi connectivity index (χ4n) is 3.92. The van der Waals surface area contributed by atoms with Gasteiger partial charge in [-0.3, -0.25) is 0 Å². The molecule has 0 N–H and O–H groups in total. The first kappa shape index (κ1) is 15.3. The first-order valence-electron chi connectivity index (χ1n) is 8.90. The molecule has 0 saturated heterocycles. The van der Waals surface area contributed by atoms with Crippen molar-refractivity contribution in [1.29, 1.82) is 0 Å². The van der Waals surface area contributed by atoms with Gasteiger partial charge in [0.05, 0.1) is 0 Å². The molecule has 1 aliphatic rings. The maximum Gasteiger partial charge on any atom is -0.0121 e. The zero-order chi connectivity index (χ0) is 15.5. The van der Waals surface area contributed by atoms with E-state index in [0.29, 0.717) is 11.8 Å². The molecule has 0 spiro atoms. The van der Waals surface area contributed by atoms with E-state index in [1.54, 1.807) is 11.1 Å². The molecule has 0 heterocycles. The lowest BCUT2D eigenvalue weighted by atomic mass is 9.74. The van der Waals surface area contributed by atoms with Crippen LogP contribution in [0.1, 0.15) is 80.0 Å². The third-order valence-corrected chi connectivity index (χ3v) is 5.54. The number of hydrogen-bond acceptors (Lipinski definition) is 0. The lowest BCUT2D eigenvalue weighted by Gasteiger charge is -2.31. The second-order valence-electron chi connectivity index (χ2n) is 6.92. The van der Waals surface area contributed by atoms with E-state index in [4.69, 9.17) is 0 Å². The molecule has 2 aromatic carbocycles. The Morgan fingerprint density at radius 1 is 1.00 bits per heavy atom. The van der Waals surface area contributed by atoms with E-state index in [2.05, 4.69) is 69.3 Å². The Morgan fingerprint density at radius 3 is 2.45 bits per heavy atom. The summed E-state index contributed by atoms with van der Waals surface area (Å²) in [5.41, 5.74) is 6.23. The summed E-state index contributed by atoms with van der Waals surface area (Å²) in [6.45, 7) is 7.02. The molecule has 116 valence electrons. The molecule has 22 heavy (non-hydrogen) atoms. The molecule has 0 aliphatic heterocycles. The topological polar surface area (TPSA) is 0 Å². The zero-order valence-electron chi connectivity index (χ0n) is 14.2. The van der Waals surface area contributed by atoms with Gasteiger partial charge in [0.15, 0.2) is 0 Å². The predicted octanol–water partition coefficient (Wildman–Crippen LogP) is 6.42. The van der Waals surface area contributed by atoms with Crippen molar-refractivity contribution in [1.82, 2.24) is 0 Å². The van der Waals surface area contributed by atoms with Crippen molar-refractivity contribution in [2.24, 2.45) is 0 Å². The minimum Gasteiger partial charge on any atom is -0.0648 e. The lowest BCUT2D eigenvalue weighted by Crippen LogP contribution is -2.17. The van der Waals surface area contributed by atoms with Crippen LogP contribution in [0.3, 0.4) is 0 Å². The highest BCUT2D eigenvalue weighted by atomic mass is 14.3. The van der Waals surface area contributed by atoms with E-state index in [0.717, 1.165) is 5.92 Å². The molecule has 3 unspecified atom stereocenters. The predicted molar refractivity (Wildman–Crippen MR) is 95.7 cm³/mol. The molecule has 0 aromatic heterocycles. The smallest absolute Gasteiger partial charge is 0.0121 e. The standard InChI is InChI=1S/C22H28/c1-4-17(19-9-7-6-8-10-19)13-16(3)20-11-12-21-14-18(5-2)22(21)15-20/h6-12,15-18H,4-5,13-14H2,1-3H3.